The summed E-state index contributed by atoms with van der Waals surface area (Å²) in [6.45, 7) is 8.01. The Morgan fingerprint density at radius 3 is 1.50 bits per heavy atom. The molecule has 6 aromatic heterocycles. The third kappa shape index (κ3) is 27.7. The van der Waals surface area contributed by atoms with Crippen molar-refractivity contribution in [2.45, 2.75) is 38.9 Å². The molecule has 1 saturated heterocycles. The van der Waals surface area contributed by atoms with Crippen LogP contribution in [0.3, 0.4) is 0 Å². The number of aromatic nitrogens is 12. The van der Waals surface area contributed by atoms with Crippen LogP contribution in [0.4, 0.5) is 28.7 Å². The number of aromatic hydroxyl groups is 1. The number of nitro groups is 1. The molecule has 9 N–H and O–H groups in total. The average molecular weight is 1760 g/mol. The normalized spacial score (nSPS) is 11.9. The number of esters is 1. The van der Waals surface area contributed by atoms with Gasteiger partial charge in [-0.1, -0.05) is 47.8 Å². The number of hydrogen-bond acceptors (Lipinski definition) is 25. The van der Waals surface area contributed by atoms with Gasteiger partial charge in [0, 0.05) is 176 Å². The van der Waals surface area contributed by atoms with Gasteiger partial charge < -0.3 is 66.1 Å². The SMILES string of the molecule is CNC(=O)COc1cc(N)cc(-c2cnn(C)c2)c1.CNC(=O)COc1cc(N)cc(-c2cnn(C)c2)c1.CNC(=O)COc1cc(Nc2ncc3cc(C#N)ccc3n2)cc(-c2cnn(C)c2)c1.COC(=O)CBr.Clc1ncc2cc(Br)ccc2n1.Cn1cc(B2OC(C)(C)C(C)(C)O2)cn1.O=[N+]([O-])c1cc(O)cc(Br)c1. The summed E-state index contributed by atoms with van der Waals surface area (Å²) in [4.78, 5) is 70.2. The van der Waals surface area contributed by atoms with Crippen LogP contribution in [-0.2, 0) is 61.4 Å². The van der Waals surface area contributed by atoms with Gasteiger partial charge in [-0.05, 0) is 135 Å². The quantitative estimate of drug-likeness (QED) is 0.00847. The number of phenolic OH excluding ortho intramolecular Hbond substituents is 1. The highest BCUT2D eigenvalue weighted by Crippen LogP contribution is 2.37. The van der Waals surface area contributed by atoms with Crippen LogP contribution in [0.15, 0.2) is 180 Å². The van der Waals surface area contributed by atoms with Gasteiger partial charge >= 0.3 is 13.1 Å². The lowest BCUT2D eigenvalue weighted by Crippen LogP contribution is -2.41. The van der Waals surface area contributed by atoms with E-state index in [-0.39, 0.29) is 83.9 Å². The summed E-state index contributed by atoms with van der Waals surface area (Å²) in [6.07, 6.45) is 18.0. The minimum atomic E-state index is -0.565. The van der Waals surface area contributed by atoms with Crippen molar-refractivity contribution in [2.24, 2.45) is 28.2 Å². The van der Waals surface area contributed by atoms with Crippen molar-refractivity contribution < 1.29 is 57.5 Å². The number of carbonyl (C=O) groups excluding carboxylic acids is 4. The molecular formula is C75H81BBr3ClN20O13. The molecule has 1 fully saturated rings. The second-order valence-corrected chi connectivity index (χ2v) is 27.9. The fourth-order valence-electron chi connectivity index (χ4n) is 9.57. The van der Waals surface area contributed by atoms with Gasteiger partial charge in [0.25, 0.3) is 23.4 Å². The zero-order valence-electron chi connectivity index (χ0n) is 63.3. The van der Waals surface area contributed by atoms with E-state index >= 15 is 0 Å². The molecule has 0 bridgehead atoms. The molecule has 6 aromatic carbocycles. The van der Waals surface area contributed by atoms with Crippen molar-refractivity contribution in [3.05, 3.63) is 201 Å². The Kier molecular flexibility index (Phi) is 32.6. The number of likely N-dealkylation sites (N-methyl/N-ethyl adjacent to an activating group) is 3. The molecular weight excluding hydrogens is 1670 g/mol. The molecule has 13 rings (SSSR count). The lowest BCUT2D eigenvalue weighted by Gasteiger charge is -2.32. The van der Waals surface area contributed by atoms with Crippen molar-refractivity contribution in [1.29, 1.82) is 5.26 Å². The molecule has 590 valence electrons. The van der Waals surface area contributed by atoms with Crippen molar-refractivity contribution >= 4 is 146 Å². The van der Waals surface area contributed by atoms with Crippen molar-refractivity contribution in [1.82, 2.24) is 75.0 Å². The number of rotatable bonds is 17. The fraction of sp³-hybridized carbons (Fsp3) is 0.240. The maximum absolute atomic E-state index is 11.6. The van der Waals surface area contributed by atoms with Gasteiger partial charge in [-0.25, -0.2) is 19.9 Å². The number of non-ortho nitro benzene ring substituents is 1. The number of hydrogen-bond donors (Lipinski definition) is 7. The highest BCUT2D eigenvalue weighted by atomic mass is 79.9. The van der Waals surface area contributed by atoms with E-state index in [4.69, 9.17) is 57.0 Å². The maximum Gasteiger partial charge on any atom is 0.498 e. The predicted molar refractivity (Wildman–Crippen MR) is 440 cm³/mol. The topological polar surface area (TPSA) is 434 Å². The third-order valence-electron chi connectivity index (χ3n) is 16.0. The van der Waals surface area contributed by atoms with Crippen LogP contribution in [-0.4, -0.2) is 165 Å². The van der Waals surface area contributed by atoms with E-state index in [0.717, 1.165) is 71.2 Å². The summed E-state index contributed by atoms with van der Waals surface area (Å²) in [7, 11) is 13.1. The Bertz CT molecular complexity index is 5140. The van der Waals surface area contributed by atoms with E-state index in [9.17, 15) is 29.3 Å². The molecule has 12 aromatic rings. The highest BCUT2D eigenvalue weighted by molar-refractivity contribution is 9.10. The Balaban J connectivity index is 0.000000191. The van der Waals surface area contributed by atoms with E-state index < -0.39 is 4.92 Å². The van der Waals surface area contributed by atoms with Crippen LogP contribution in [0.2, 0.25) is 5.28 Å². The number of benzene rings is 6. The first-order chi connectivity index (χ1) is 53.7. The van der Waals surface area contributed by atoms with Crippen molar-refractivity contribution in [3.8, 4) is 62.4 Å². The van der Waals surface area contributed by atoms with Crippen molar-refractivity contribution in [3.63, 3.8) is 0 Å². The number of nitrogens with two attached hydrogens (primary N) is 2. The van der Waals surface area contributed by atoms with Gasteiger partial charge in [0.2, 0.25) is 11.2 Å². The number of nitrogen functional groups attached to an aromatic ring is 2. The molecule has 0 saturated carbocycles. The second-order valence-electron chi connectivity index (χ2n) is 25.1. The van der Waals surface area contributed by atoms with Gasteiger partial charge in [-0.3, -0.25) is 48.0 Å². The first-order valence-electron chi connectivity index (χ1n) is 33.7. The second kappa shape index (κ2) is 41.8. The summed E-state index contributed by atoms with van der Waals surface area (Å²) < 4.78 is 40.8. The van der Waals surface area contributed by atoms with E-state index in [1.54, 1.807) is 113 Å². The van der Waals surface area contributed by atoms with E-state index in [1.807, 2.05) is 135 Å². The number of anilines is 4. The largest absolute Gasteiger partial charge is 0.508 e. The van der Waals surface area contributed by atoms with Crippen molar-refractivity contribution in [2.75, 3.05) is 70.2 Å². The fourth-order valence-corrected chi connectivity index (χ4v) is 10.8. The number of phenols is 1. The van der Waals surface area contributed by atoms with Gasteiger partial charge in [-0.2, -0.15) is 25.7 Å². The number of ether oxygens (including phenoxy) is 4. The zero-order chi connectivity index (χ0) is 82.7. The summed E-state index contributed by atoms with van der Waals surface area (Å²) in [5.74, 6) is 1.07. The van der Waals surface area contributed by atoms with Gasteiger partial charge in [0.15, 0.2) is 19.8 Å². The molecule has 7 heterocycles. The molecule has 3 amide bonds. The number of nitro benzene ring substituents is 1. The number of carbonyl (C=O) groups is 4. The lowest BCUT2D eigenvalue weighted by atomic mass is 9.82. The Morgan fingerprint density at radius 2 is 1.06 bits per heavy atom. The molecule has 113 heavy (non-hydrogen) atoms. The van der Waals surface area contributed by atoms with Crippen LogP contribution in [0, 0.1) is 21.4 Å². The predicted octanol–water partition coefficient (Wildman–Crippen LogP) is 10.7. The lowest BCUT2D eigenvalue weighted by molar-refractivity contribution is -0.385. The third-order valence-corrected chi connectivity index (χ3v) is 17.6. The number of aryl methyl sites for hydroxylation is 4. The highest BCUT2D eigenvalue weighted by Gasteiger charge is 2.52. The Morgan fingerprint density at radius 1 is 0.602 bits per heavy atom. The van der Waals surface area contributed by atoms with Crippen LogP contribution < -0.4 is 52.4 Å². The Labute approximate surface area is 680 Å². The number of alkyl halides is 1. The molecule has 0 spiro atoms. The summed E-state index contributed by atoms with van der Waals surface area (Å²) >= 11 is 14.9. The first kappa shape index (κ1) is 88.1. The van der Waals surface area contributed by atoms with Gasteiger partial charge in [0.1, 0.15) is 28.3 Å². The molecule has 1 aliphatic rings. The molecule has 0 unspecified atom stereocenters. The van der Waals surface area contributed by atoms with Crippen LogP contribution in [0.1, 0.15) is 33.3 Å². The van der Waals surface area contributed by atoms with E-state index in [2.05, 4.69) is 120 Å². The monoisotopic (exact) mass is 1750 g/mol. The number of amides is 3. The van der Waals surface area contributed by atoms with Crippen LogP contribution >= 0.6 is 59.4 Å². The smallest absolute Gasteiger partial charge is 0.498 e. The molecule has 1 aliphatic heterocycles. The number of methoxy groups -OCH3 is 1. The molecule has 0 atom stereocenters. The summed E-state index contributed by atoms with van der Waals surface area (Å²) in [5, 5.41) is 57.7. The Hall–Kier alpha value is -12.1. The molecule has 38 heteroatoms. The van der Waals surface area contributed by atoms with E-state index in [1.165, 1.54) is 19.2 Å². The number of nitrogens with one attached hydrogen (secondary N) is 4. The van der Waals surface area contributed by atoms with Crippen LogP contribution in [0.25, 0.3) is 55.2 Å². The van der Waals surface area contributed by atoms with E-state index in [0.29, 0.717) is 50.3 Å². The summed E-state index contributed by atoms with van der Waals surface area (Å²) in [5.41, 5.74) is 21.4. The molecule has 0 radical (unpaired) electrons. The number of nitriles is 1. The average Bonchev–Trinajstić information content (AvgIpc) is 1.61. The van der Waals surface area contributed by atoms with Gasteiger partial charge in [0.05, 0.1) is 70.6 Å². The first-order valence-corrected chi connectivity index (χ1v) is 36.8. The van der Waals surface area contributed by atoms with Gasteiger partial charge in [-0.15, -0.1) is 0 Å². The number of halogens is 4. The minimum Gasteiger partial charge on any atom is -0.508 e. The standard InChI is InChI=1S/C22H19N7O2.2C13H16N4O2.C10H17BN2O2.C8H4BrClN2.C6H4BrNO3.C3H5BrO2/c1-24-21(30)13-31-19-7-15(17-11-26-29(2)12-17)6-18(8-19)27-22-25-10-16-5-14(9-23)3-4-20(16)28-22;2*1-15-13(18)8-19-12-4-9(3-11(14)5-12)10-6-16-17(2)7-10;1-9(2)10(3,4)15-11(14-9)8-6-12-13(5)7-8;9-6-1-2-7-5(3-6)4-11-8(10)12-7;7-4-1-5(8(10)11)3-6(9)2-4;1-6-3(5)2-4/h3-8,10-12H,13H2,1-2H3,(H,24,30)(H,25,27,28);2*3-7H,8,14H2,1-2H3,(H,15,18);6-7H,1-5H3;1-4H;1-3,9H;2H2,1H3. The minimum absolute atomic E-state index is 0.0353. The van der Waals surface area contributed by atoms with Crippen LogP contribution in [0.5, 0.6) is 23.0 Å². The maximum atomic E-state index is 11.6. The number of fused-ring (bicyclic) bond motifs is 2. The zero-order valence-corrected chi connectivity index (χ0v) is 68.9. The summed E-state index contributed by atoms with van der Waals surface area (Å²) in [6, 6.07) is 33.1. The molecule has 0 aliphatic carbocycles. The number of nitrogens with zero attached hydrogens (tertiary/aromatic N) is 14. The molecule has 33 nitrogen and oxygen atoms in total.